The van der Waals surface area contributed by atoms with Crippen molar-refractivity contribution in [2.75, 3.05) is 14.2 Å². The Morgan fingerprint density at radius 2 is 2.17 bits per heavy atom. The summed E-state index contributed by atoms with van der Waals surface area (Å²) in [5.74, 6) is 0.501. The van der Waals surface area contributed by atoms with Crippen LogP contribution in [0.4, 0.5) is 9.18 Å². The average Bonchev–Trinajstić information content (AvgIpc) is 2.97. The Hall–Kier alpha value is -2.56. The lowest BCUT2D eigenvalue weighted by Crippen LogP contribution is -2.38. The zero-order chi connectivity index (χ0) is 17.1. The van der Waals surface area contributed by atoms with Crippen LogP contribution in [-0.2, 0) is 13.0 Å². The van der Waals surface area contributed by atoms with E-state index in [0.29, 0.717) is 6.54 Å². The first kappa shape index (κ1) is 16.3. The van der Waals surface area contributed by atoms with Gasteiger partial charge in [-0.15, -0.1) is 0 Å². The zero-order valence-electron chi connectivity index (χ0n) is 13.9. The minimum Gasteiger partial charge on any atom is -0.497 e. The van der Waals surface area contributed by atoms with E-state index < -0.39 is 0 Å². The molecule has 1 unspecified atom stereocenters. The van der Waals surface area contributed by atoms with Gasteiger partial charge in [-0.1, -0.05) is 18.2 Å². The molecule has 0 heterocycles. The number of rotatable bonds is 4. The van der Waals surface area contributed by atoms with Crippen LogP contribution in [0, 0.1) is 5.82 Å². The van der Waals surface area contributed by atoms with Crippen molar-refractivity contribution in [2.24, 2.45) is 0 Å². The number of nitrogens with zero attached hydrogens (tertiary/aromatic N) is 1. The van der Waals surface area contributed by atoms with Crippen LogP contribution in [0.3, 0.4) is 0 Å². The monoisotopic (exact) mass is 328 g/mol. The quantitative estimate of drug-likeness (QED) is 0.930. The fourth-order valence-corrected chi connectivity index (χ4v) is 3.10. The largest absolute Gasteiger partial charge is 0.497 e. The van der Waals surface area contributed by atoms with Crippen LogP contribution < -0.4 is 10.1 Å². The van der Waals surface area contributed by atoms with E-state index in [1.54, 1.807) is 25.1 Å². The molecule has 0 spiro atoms. The Balaban J connectivity index is 1.64. The Bertz CT molecular complexity index is 748. The highest BCUT2D eigenvalue weighted by atomic mass is 19.1. The van der Waals surface area contributed by atoms with Gasteiger partial charge in [-0.2, -0.15) is 0 Å². The molecule has 4 nitrogen and oxygen atoms in total. The Morgan fingerprint density at radius 3 is 2.96 bits per heavy atom. The second kappa shape index (κ2) is 6.91. The van der Waals surface area contributed by atoms with Crippen LogP contribution in [0.25, 0.3) is 0 Å². The Morgan fingerprint density at radius 1 is 1.33 bits per heavy atom. The summed E-state index contributed by atoms with van der Waals surface area (Å²) < 4.78 is 18.7. The molecule has 0 aromatic heterocycles. The lowest BCUT2D eigenvalue weighted by atomic mass is 10.1. The highest BCUT2D eigenvalue weighted by molar-refractivity contribution is 5.74. The number of hydrogen-bond donors (Lipinski definition) is 1. The summed E-state index contributed by atoms with van der Waals surface area (Å²) in [6.07, 6.45) is 1.66. The van der Waals surface area contributed by atoms with Crippen LogP contribution in [0.2, 0.25) is 0 Å². The Kier molecular flexibility index (Phi) is 4.69. The predicted molar refractivity (Wildman–Crippen MR) is 90.5 cm³/mol. The standard InChI is InChI=1S/C19H21FN2O2/c1-22(12-13-4-3-5-16(10-13)24-2)19(23)21-18-9-7-14-6-8-15(20)11-17(14)18/h3-6,8,10-11,18H,7,9,12H2,1-2H3,(H,21,23). The van der Waals surface area contributed by atoms with Gasteiger partial charge >= 0.3 is 6.03 Å². The first-order valence-corrected chi connectivity index (χ1v) is 7.99. The van der Waals surface area contributed by atoms with Gasteiger partial charge in [0.05, 0.1) is 13.2 Å². The number of aryl methyl sites for hydroxylation is 1. The second-order valence-corrected chi connectivity index (χ2v) is 6.09. The summed E-state index contributed by atoms with van der Waals surface area (Å²) in [5, 5.41) is 3.00. The van der Waals surface area contributed by atoms with Gasteiger partial charge in [-0.25, -0.2) is 9.18 Å². The van der Waals surface area contributed by atoms with Crippen molar-refractivity contribution in [3.05, 3.63) is 65.0 Å². The molecule has 126 valence electrons. The molecule has 1 aliphatic rings. The summed E-state index contributed by atoms with van der Waals surface area (Å²) in [4.78, 5) is 14.1. The number of benzene rings is 2. The van der Waals surface area contributed by atoms with E-state index in [9.17, 15) is 9.18 Å². The van der Waals surface area contributed by atoms with Crippen molar-refractivity contribution in [2.45, 2.75) is 25.4 Å². The summed E-state index contributed by atoms with van der Waals surface area (Å²) in [7, 11) is 3.36. The van der Waals surface area contributed by atoms with Gasteiger partial charge in [0.25, 0.3) is 0 Å². The number of carbonyl (C=O) groups excluding carboxylic acids is 1. The van der Waals surface area contributed by atoms with E-state index in [-0.39, 0.29) is 17.9 Å². The predicted octanol–water partition coefficient (Wildman–Crippen LogP) is 3.66. The van der Waals surface area contributed by atoms with Gasteiger partial charge in [0, 0.05) is 13.6 Å². The molecule has 1 aliphatic carbocycles. The molecule has 0 saturated heterocycles. The number of halogens is 1. The maximum atomic E-state index is 13.5. The van der Waals surface area contributed by atoms with Crippen LogP contribution in [0.1, 0.15) is 29.2 Å². The van der Waals surface area contributed by atoms with Crippen molar-refractivity contribution < 1.29 is 13.9 Å². The molecule has 2 aromatic rings. The molecular formula is C19H21FN2O2. The number of methoxy groups -OCH3 is 1. The molecule has 0 aliphatic heterocycles. The third kappa shape index (κ3) is 3.50. The van der Waals surface area contributed by atoms with Crippen molar-refractivity contribution in [1.82, 2.24) is 10.2 Å². The summed E-state index contributed by atoms with van der Waals surface area (Å²) in [6.45, 7) is 0.478. The van der Waals surface area contributed by atoms with Crippen LogP contribution >= 0.6 is 0 Å². The van der Waals surface area contributed by atoms with Crippen LogP contribution in [0.15, 0.2) is 42.5 Å². The number of carbonyl (C=O) groups is 1. The fraction of sp³-hybridized carbons (Fsp3) is 0.316. The van der Waals surface area contributed by atoms with Crippen molar-refractivity contribution in [3.63, 3.8) is 0 Å². The lowest BCUT2D eigenvalue weighted by Gasteiger charge is -2.22. The first-order valence-electron chi connectivity index (χ1n) is 7.99. The highest BCUT2D eigenvalue weighted by Crippen LogP contribution is 2.31. The van der Waals surface area contributed by atoms with Crippen LogP contribution in [-0.4, -0.2) is 25.1 Å². The first-order chi connectivity index (χ1) is 11.6. The molecule has 2 amide bonds. The van der Waals surface area contributed by atoms with Crippen molar-refractivity contribution >= 4 is 6.03 Å². The topological polar surface area (TPSA) is 41.6 Å². The third-order valence-electron chi connectivity index (χ3n) is 4.38. The zero-order valence-corrected chi connectivity index (χ0v) is 13.9. The SMILES string of the molecule is COc1cccc(CN(C)C(=O)NC2CCc3ccc(F)cc32)c1. The molecule has 0 fully saturated rings. The van der Waals surface area contributed by atoms with Gasteiger partial charge in [0.1, 0.15) is 11.6 Å². The smallest absolute Gasteiger partial charge is 0.317 e. The fourth-order valence-electron chi connectivity index (χ4n) is 3.10. The van der Waals surface area contributed by atoms with Crippen molar-refractivity contribution in [1.29, 1.82) is 0 Å². The minimum absolute atomic E-state index is 0.129. The van der Waals surface area contributed by atoms with E-state index >= 15 is 0 Å². The van der Waals surface area contributed by atoms with E-state index in [4.69, 9.17) is 4.74 Å². The molecule has 0 bridgehead atoms. The minimum atomic E-state index is -0.264. The molecule has 0 saturated carbocycles. The van der Waals surface area contributed by atoms with E-state index in [0.717, 1.165) is 35.3 Å². The number of urea groups is 1. The molecular weight excluding hydrogens is 307 g/mol. The average molecular weight is 328 g/mol. The van der Waals surface area contributed by atoms with Crippen molar-refractivity contribution in [3.8, 4) is 5.75 Å². The molecule has 0 radical (unpaired) electrons. The molecule has 2 aromatic carbocycles. The second-order valence-electron chi connectivity index (χ2n) is 6.09. The maximum absolute atomic E-state index is 13.5. The maximum Gasteiger partial charge on any atom is 0.317 e. The van der Waals surface area contributed by atoms with Gasteiger partial charge < -0.3 is 15.0 Å². The van der Waals surface area contributed by atoms with E-state index in [2.05, 4.69) is 5.32 Å². The number of hydrogen-bond acceptors (Lipinski definition) is 2. The number of amides is 2. The van der Waals surface area contributed by atoms with Gasteiger partial charge in [-0.05, 0) is 53.8 Å². The molecule has 1 atom stereocenters. The van der Waals surface area contributed by atoms with Gasteiger partial charge in [0.15, 0.2) is 0 Å². The Labute approximate surface area is 141 Å². The van der Waals surface area contributed by atoms with E-state index in [1.807, 2.05) is 24.3 Å². The normalized spacial score (nSPS) is 15.7. The molecule has 3 rings (SSSR count). The molecule has 1 N–H and O–H groups in total. The third-order valence-corrected chi connectivity index (χ3v) is 4.38. The molecule has 24 heavy (non-hydrogen) atoms. The van der Waals surface area contributed by atoms with Gasteiger partial charge in [0.2, 0.25) is 0 Å². The lowest BCUT2D eigenvalue weighted by molar-refractivity contribution is 0.202. The number of ether oxygens (including phenoxy) is 1. The summed E-state index contributed by atoms with van der Waals surface area (Å²) in [5.41, 5.74) is 2.99. The highest BCUT2D eigenvalue weighted by Gasteiger charge is 2.25. The molecule has 5 heteroatoms. The number of nitrogens with one attached hydrogen (secondary N) is 1. The summed E-state index contributed by atoms with van der Waals surface area (Å²) >= 11 is 0. The number of fused-ring (bicyclic) bond motifs is 1. The van der Waals surface area contributed by atoms with Gasteiger partial charge in [-0.3, -0.25) is 0 Å². The van der Waals surface area contributed by atoms with E-state index in [1.165, 1.54) is 12.1 Å². The van der Waals surface area contributed by atoms with Crippen LogP contribution in [0.5, 0.6) is 5.75 Å². The summed E-state index contributed by atoms with van der Waals surface area (Å²) in [6, 6.07) is 12.1.